The molecule has 5 heteroatoms. The summed E-state index contributed by atoms with van der Waals surface area (Å²) in [5.74, 6) is -1.27. The van der Waals surface area contributed by atoms with Crippen molar-refractivity contribution in [3.63, 3.8) is 0 Å². The molecule has 0 saturated heterocycles. The Morgan fingerprint density at radius 2 is 1.67 bits per heavy atom. The Labute approximate surface area is 128 Å². The zero-order chi connectivity index (χ0) is 15.4. The summed E-state index contributed by atoms with van der Waals surface area (Å²) in [6.45, 7) is 0. The number of benzene rings is 2. The molecule has 2 atom stereocenters. The van der Waals surface area contributed by atoms with Gasteiger partial charge in [0.1, 0.15) is 0 Å². The predicted octanol–water partition coefficient (Wildman–Crippen LogP) is 2.96. The Kier molecular flexibility index (Phi) is 4.83. The summed E-state index contributed by atoms with van der Waals surface area (Å²) in [6, 6.07) is 15.4. The van der Waals surface area contributed by atoms with E-state index in [2.05, 4.69) is 0 Å². The minimum absolute atomic E-state index is 0.560. The Balaban J connectivity index is 2.41. The number of para-hydroxylation sites is 1. The number of aliphatic hydroxyl groups is 1. The number of carboxylic acids is 1. The van der Waals surface area contributed by atoms with E-state index in [4.69, 9.17) is 16.7 Å². The van der Waals surface area contributed by atoms with Crippen LogP contribution < -0.4 is 4.90 Å². The molecule has 0 aliphatic carbocycles. The van der Waals surface area contributed by atoms with Crippen LogP contribution in [0.4, 0.5) is 5.69 Å². The van der Waals surface area contributed by atoms with E-state index in [9.17, 15) is 9.90 Å². The Morgan fingerprint density at radius 1 is 1.10 bits per heavy atom. The quantitative estimate of drug-likeness (QED) is 0.891. The number of aliphatic carboxylic acids is 1. The van der Waals surface area contributed by atoms with Crippen LogP contribution in [0.5, 0.6) is 0 Å². The van der Waals surface area contributed by atoms with Gasteiger partial charge in [-0.2, -0.15) is 0 Å². The van der Waals surface area contributed by atoms with Gasteiger partial charge in [0, 0.05) is 17.8 Å². The summed E-state index contributed by atoms with van der Waals surface area (Å²) < 4.78 is 0. The Morgan fingerprint density at radius 3 is 2.19 bits per heavy atom. The third-order valence-electron chi connectivity index (χ3n) is 3.34. The van der Waals surface area contributed by atoms with Crippen LogP contribution in [0, 0.1) is 0 Å². The smallest absolute Gasteiger partial charge is 0.335 e. The molecule has 0 fully saturated rings. The van der Waals surface area contributed by atoms with Gasteiger partial charge >= 0.3 is 5.97 Å². The first-order valence-corrected chi connectivity index (χ1v) is 6.82. The average molecular weight is 306 g/mol. The maximum atomic E-state index is 11.2. The van der Waals surface area contributed by atoms with Crippen LogP contribution in [0.25, 0.3) is 0 Å². The topological polar surface area (TPSA) is 60.8 Å². The van der Waals surface area contributed by atoms with Gasteiger partial charge in [0.15, 0.2) is 6.10 Å². The molecular formula is C16H16ClNO3. The molecule has 0 amide bonds. The molecule has 0 saturated carbocycles. The minimum atomic E-state index is -1.55. The van der Waals surface area contributed by atoms with Crippen molar-refractivity contribution in [1.82, 2.24) is 0 Å². The molecule has 110 valence electrons. The normalized spacial score (nSPS) is 13.5. The molecule has 0 spiro atoms. The van der Waals surface area contributed by atoms with E-state index >= 15 is 0 Å². The van der Waals surface area contributed by atoms with Crippen molar-refractivity contribution in [2.24, 2.45) is 0 Å². The maximum Gasteiger partial charge on any atom is 0.335 e. The van der Waals surface area contributed by atoms with E-state index in [0.29, 0.717) is 10.6 Å². The van der Waals surface area contributed by atoms with Crippen LogP contribution in [0.3, 0.4) is 0 Å². The van der Waals surface area contributed by atoms with Gasteiger partial charge in [-0.05, 0) is 29.8 Å². The fraction of sp³-hybridized carbons (Fsp3) is 0.188. The fourth-order valence-corrected chi connectivity index (χ4v) is 2.36. The van der Waals surface area contributed by atoms with Crippen LogP contribution in [-0.4, -0.2) is 29.3 Å². The van der Waals surface area contributed by atoms with Crippen LogP contribution >= 0.6 is 11.6 Å². The van der Waals surface area contributed by atoms with Crippen molar-refractivity contribution < 1.29 is 15.0 Å². The van der Waals surface area contributed by atoms with Gasteiger partial charge in [-0.15, -0.1) is 0 Å². The molecule has 0 aliphatic rings. The average Bonchev–Trinajstić information content (AvgIpc) is 2.50. The van der Waals surface area contributed by atoms with Gasteiger partial charge in [0.05, 0.1) is 6.04 Å². The molecule has 2 aromatic carbocycles. The van der Waals surface area contributed by atoms with Crippen molar-refractivity contribution in [2.45, 2.75) is 12.1 Å². The number of anilines is 1. The lowest BCUT2D eigenvalue weighted by Gasteiger charge is -2.32. The van der Waals surface area contributed by atoms with Crippen molar-refractivity contribution in [3.8, 4) is 0 Å². The molecule has 0 heterocycles. The molecule has 4 nitrogen and oxygen atoms in total. The van der Waals surface area contributed by atoms with Crippen molar-refractivity contribution >= 4 is 23.3 Å². The maximum absolute atomic E-state index is 11.2. The number of hydrogen-bond donors (Lipinski definition) is 2. The zero-order valence-electron chi connectivity index (χ0n) is 11.5. The molecule has 0 bridgehead atoms. The molecule has 2 unspecified atom stereocenters. The van der Waals surface area contributed by atoms with Crippen molar-refractivity contribution in [3.05, 3.63) is 65.2 Å². The van der Waals surface area contributed by atoms with E-state index in [1.807, 2.05) is 30.3 Å². The molecule has 0 aromatic heterocycles. The second-order valence-corrected chi connectivity index (χ2v) is 5.16. The predicted molar refractivity (Wildman–Crippen MR) is 82.7 cm³/mol. The third-order valence-corrected chi connectivity index (χ3v) is 3.60. The molecule has 2 rings (SSSR count). The lowest BCUT2D eigenvalue weighted by Crippen LogP contribution is -2.38. The second kappa shape index (κ2) is 6.61. The Bertz CT molecular complexity index is 601. The first kappa shape index (κ1) is 15.4. The summed E-state index contributed by atoms with van der Waals surface area (Å²) in [5.41, 5.74) is 1.50. The highest BCUT2D eigenvalue weighted by atomic mass is 35.5. The Hall–Kier alpha value is -2.04. The van der Waals surface area contributed by atoms with Gasteiger partial charge < -0.3 is 15.1 Å². The first-order valence-electron chi connectivity index (χ1n) is 6.45. The van der Waals surface area contributed by atoms with Crippen molar-refractivity contribution in [2.75, 3.05) is 11.9 Å². The zero-order valence-corrected chi connectivity index (χ0v) is 12.2. The van der Waals surface area contributed by atoms with E-state index in [-0.39, 0.29) is 0 Å². The SMILES string of the molecule is CN(c1ccccc1)C(c1ccc(Cl)cc1)C(O)C(=O)O. The van der Waals surface area contributed by atoms with Gasteiger partial charge in [-0.3, -0.25) is 0 Å². The van der Waals surface area contributed by atoms with E-state index in [1.165, 1.54) is 0 Å². The van der Waals surface area contributed by atoms with Gasteiger partial charge in [-0.25, -0.2) is 4.79 Å². The summed E-state index contributed by atoms with van der Waals surface area (Å²) in [6.07, 6.45) is -1.55. The molecule has 2 aromatic rings. The largest absolute Gasteiger partial charge is 0.479 e. The number of carboxylic acid groups (broad SMARTS) is 1. The van der Waals surface area contributed by atoms with Crippen LogP contribution in [0.1, 0.15) is 11.6 Å². The lowest BCUT2D eigenvalue weighted by molar-refractivity contribution is -0.147. The third kappa shape index (κ3) is 3.54. The number of hydrogen-bond acceptors (Lipinski definition) is 3. The molecule has 2 N–H and O–H groups in total. The van der Waals surface area contributed by atoms with E-state index in [0.717, 1.165) is 5.69 Å². The number of rotatable bonds is 5. The van der Waals surface area contributed by atoms with E-state index < -0.39 is 18.1 Å². The first-order chi connectivity index (χ1) is 10.0. The number of aliphatic hydroxyl groups excluding tert-OH is 1. The standard InChI is InChI=1S/C16H16ClNO3/c1-18(13-5-3-2-4-6-13)14(15(19)16(20)21)11-7-9-12(17)10-8-11/h2-10,14-15,19H,1H3,(H,20,21). The number of likely N-dealkylation sites (N-methyl/N-ethyl adjacent to an activating group) is 1. The molecule has 21 heavy (non-hydrogen) atoms. The van der Waals surface area contributed by atoms with E-state index in [1.54, 1.807) is 36.2 Å². The summed E-state index contributed by atoms with van der Waals surface area (Å²) in [5, 5.41) is 19.8. The molecule has 0 radical (unpaired) electrons. The summed E-state index contributed by atoms with van der Waals surface area (Å²) >= 11 is 5.86. The highest BCUT2D eigenvalue weighted by Crippen LogP contribution is 2.29. The number of halogens is 1. The monoisotopic (exact) mass is 305 g/mol. The number of carbonyl (C=O) groups is 1. The lowest BCUT2D eigenvalue weighted by atomic mass is 9.99. The van der Waals surface area contributed by atoms with Crippen LogP contribution in [-0.2, 0) is 4.79 Å². The van der Waals surface area contributed by atoms with Crippen LogP contribution in [0.15, 0.2) is 54.6 Å². The number of nitrogens with zero attached hydrogens (tertiary/aromatic N) is 1. The fourth-order valence-electron chi connectivity index (χ4n) is 2.24. The minimum Gasteiger partial charge on any atom is -0.479 e. The van der Waals surface area contributed by atoms with Gasteiger partial charge in [-0.1, -0.05) is 41.9 Å². The summed E-state index contributed by atoms with van der Waals surface area (Å²) in [4.78, 5) is 13.0. The van der Waals surface area contributed by atoms with Crippen molar-refractivity contribution in [1.29, 1.82) is 0 Å². The van der Waals surface area contributed by atoms with Gasteiger partial charge in [0.2, 0.25) is 0 Å². The van der Waals surface area contributed by atoms with Crippen LogP contribution in [0.2, 0.25) is 5.02 Å². The van der Waals surface area contributed by atoms with Gasteiger partial charge in [0.25, 0.3) is 0 Å². The second-order valence-electron chi connectivity index (χ2n) is 4.73. The highest BCUT2D eigenvalue weighted by molar-refractivity contribution is 6.30. The molecular weight excluding hydrogens is 290 g/mol. The highest BCUT2D eigenvalue weighted by Gasteiger charge is 2.31. The molecule has 0 aliphatic heterocycles. The summed E-state index contributed by atoms with van der Waals surface area (Å²) in [7, 11) is 1.75.